The Kier molecular flexibility index (Phi) is 1.87. The summed E-state index contributed by atoms with van der Waals surface area (Å²) in [4.78, 5) is 6.30. The monoisotopic (exact) mass is 191 g/mol. The van der Waals surface area contributed by atoms with E-state index in [9.17, 15) is 0 Å². The van der Waals surface area contributed by atoms with Gasteiger partial charge >= 0.3 is 0 Å². The molecule has 0 aliphatic rings. The molecule has 74 valence electrons. The standard InChI is InChI=1S/C9H13N5/c1-6-8(5-13(3)4)9-10-7(2)12-14(9)11-6/h5H,1-4H3/b8-5+. The van der Waals surface area contributed by atoms with Gasteiger partial charge in [-0.1, -0.05) is 0 Å². The number of nitrogens with zero attached hydrogens (tertiary/aromatic N) is 5. The number of hydrogen-bond acceptors (Lipinski definition) is 4. The van der Waals surface area contributed by atoms with Crippen LogP contribution < -0.4 is 5.22 Å². The maximum Gasteiger partial charge on any atom is 0.186 e. The Hall–Kier alpha value is -1.65. The van der Waals surface area contributed by atoms with Crippen LogP contribution in [0.3, 0.4) is 0 Å². The zero-order valence-electron chi connectivity index (χ0n) is 8.81. The van der Waals surface area contributed by atoms with Crippen molar-refractivity contribution in [2.45, 2.75) is 13.8 Å². The minimum atomic E-state index is 0.751. The van der Waals surface area contributed by atoms with Crippen molar-refractivity contribution in [2.24, 2.45) is 0 Å². The molecule has 5 nitrogen and oxygen atoms in total. The lowest BCUT2D eigenvalue weighted by Crippen LogP contribution is -2.12. The van der Waals surface area contributed by atoms with Crippen molar-refractivity contribution in [1.82, 2.24) is 24.7 Å². The second-order valence-electron chi connectivity index (χ2n) is 3.56. The number of fused-ring (bicyclic) bond motifs is 1. The third-order valence-corrected chi connectivity index (χ3v) is 1.96. The molecule has 0 saturated heterocycles. The van der Waals surface area contributed by atoms with Gasteiger partial charge in [0.1, 0.15) is 5.82 Å². The lowest BCUT2D eigenvalue weighted by atomic mass is 10.4. The van der Waals surface area contributed by atoms with Gasteiger partial charge in [-0.05, 0) is 13.8 Å². The molecule has 0 radical (unpaired) electrons. The van der Waals surface area contributed by atoms with Crippen LogP contribution in [0.2, 0.25) is 0 Å². The SMILES string of the molecule is Cc1nc2/c(=C/N(C)C)c(C)nn2n1. The van der Waals surface area contributed by atoms with Crippen molar-refractivity contribution in [3.8, 4) is 0 Å². The molecule has 0 atom stereocenters. The lowest BCUT2D eigenvalue weighted by Gasteiger charge is -2.01. The third-order valence-electron chi connectivity index (χ3n) is 1.96. The molecule has 0 fully saturated rings. The first-order valence-electron chi connectivity index (χ1n) is 4.46. The summed E-state index contributed by atoms with van der Waals surface area (Å²) in [7, 11) is 3.96. The molecule has 5 heteroatoms. The molecular weight excluding hydrogens is 178 g/mol. The minimum Gasteiger partial charge on any atom is -0.383 e. The first kappa shape index (κ1) is 8.93. The fraction of sp³-hybridized carbons (Fsp3) is 0.444. The summed E-state index contributed by atoms with van der Waals surface area (Å²) in [5, 5.41) is 9.47. The highest BCUT2D eigenvalue weighted by atomic mass is 15.5. The van der Waals surface area contributed by atoms with Crippen LogP contribution >= 0.6 is 0 Å². The zero-order chi connectivity index (χ0) is 10.3. The number of hydrogen-bond donors (Lipinski definition) is 0. The number of aromatic nitrogens is 4. The van der Waals surface area contributed by atoms with E-state index < -0.39 is 0 Å². The quantitative estimate of drug-likeness (QED) is 0.624. The van der Waals surface area contributed by atoms with Crippen molar-refractivity contribution in [2.75, 3.05) is 14.1 Å². The van der Waals surface area contributed by atoms with Gasteiger partial charge in [-0.2, -0.15) is 5.10 Å². The summed E-state index contributed by atoms with van der Waals surface area (Å²) in [6, 6.07) is 0. The third kappa shape index (κ3) is 1.30. The lowest BCUT2D eigenvalue weighted by molar-refractivity contribution is 0.614. The highest BCUT2D eigenvalue weighted by Crippen LogP contribution is 1.96. The highest BCUT2D eigenvalue weighted by Gasteiger charge is 2.07. The smallest absolute Gasteiger partial charge is 0.186 e. The van der Waals surface area contributed by atoms with Gasteiger partial charge in [0.2, 0.25) is 0 Å². The average Bonchev–Trinajstić information content (AvgIpc) is 2.51. The van der Waals surface area contributed by atoms with E-state index in [0.29, 0.717) is 0 Å². The topological polar surface area (TPSA) is 46.3 Å². The average molecular weight is 191 g/mol. The van der Waals surface area contributed by atoms with Crippen LogP contribution in [0.1, 0.15) is 11.5 Å². The van der Waals surface area contributed by atoms with Crippen LogP contribution in [-0.2, 0) is 0 Å². The molecular formula is C9H13N5. The molecule has 0 unspecified atom stereocenters. The maximum atomic E-state index is 4.32. The Balaban J connectivity index is 2.78. The summed E-state index contributed by atoms with van der Waals surface area (Å²) >= 11 is 0. The van der Waals surface area contributed by atoms with Crippen LogP contribution in [-0.4, -0.2) is 38.8 Å². The van der Waals surface area contributed by atoms with Crippen molar-refractivity contribution in [1.29, 1.82) is 0 Å². The fourth-order valence-electron chi connectivity index (χ4n) is 1.41. The van der Waals surface area contributed by atoms with Crippen LogP contribution in [0.25, 0.3) is 11.8 Å². The van der Waals surface area contributed by atoms with E-state index >= 15 is 0 Å². The van der Waals surface area contributed by atoms with Crippen LogP contribution in [0.4, 0.5) is 0 Å². The molecule has 0 saturated carbocycles. The Morgan fingerprint density at radius 3 is 2.57 bits per heavy atom. The Morgan fingerprint density at radius 2 is 1.93 bits per heavy atom. The van der Waals surface area contributed by atoms with Gasteiger partial charge in [-0.25, -0.2) is 4.98 Å². The molecule has 2 aromatic heterocycles. The zero-order valence-corrected chi connectivity index (χ0v) is 8.81. The molecule has 0 aromatic carbocycles. The molecule has 2 rings (SSSR count). The molecule has 14 heavy (non-hydrogen) atoms. The van der Waals surface area contributed by atoms with E-state index in [1.54, 1.807) is 4.63 Å². The van der Waals surface area contributed by atoms with E-state index in [4.69, 9.17) is 0 Å². The summed E-state index contributed by atoms with van der Waals surface area (Å²) < 4.78 is 1.58. The van der Waals surface area contributed by atoms with Crippen LogP contribution in [0, 0.1) is 13.8 Å². The maximum absolute atomic E-state index is 4.32. The molecule has 0 bridgehead atoms. The molecule has 0 N–H and O–H groups in total. The van der Waals surface area contributed by atoms with E-state index in [1.165, 1.54) is 0 Å². The van der Waals surface area contributed by atoms with Crippen LogP contribution in [0.15, 0.2) is 0 Å². The molecule has 0 aliphatic heterocycles. The normalized spacial score (nSPS) is 12.7. The van der Waals surface area contributed by atoms with Crippen LogP contribution in [0.5, 0.6) is 0 Å². The van der Waals surface area contributed by atoms with E-state index in [0.717, 1.165) is 22.4 Å². The van der Waals surface area contributed by atoms with E-state index in [1.807, 2.05) is 39.0 Å². The largest absolute Gasteiger partial charge is 0.383 e. The predicted octanol–water partition coefficient (Wildman–Crippen LogP) is -0.240. The van der Waals surface area contributed by atoms with E-state index in [2.05, 4.69) is 15.2 Å². The second-order valence-corrected chi connectivity index (χ2v) is 3.56. The van der Waals surface area contributed by atoms with E-state index in [-0.39, 0.29) is 0 Å². The summed E-state index contributed by atoms with van der Waals surface area (Å²) in [5.41, 5.74) is 1.78. The molecule has 0 spiro atoms. The second kappa shape index (κ2) is 2.94. The molecule has 0 amide bonds. The number of rotatable bonds is 1. The Morgan fingerprint density at radius 1 is 1.21 bits per heavy atom. The van der Waals surface area contributed by atoms with Gasteiger partial charge in [0, 0.05) is 20.3 Å². The van der Waals surface area contributed by atoms with Crippen molar-refractivity contribution in [3.63, 3.8) is 0 Å². The Bertz CT molecular complexity index is 511. The minimum absolute atomic E-state index is 0.751. The van der Waals surface area contributed by atoms with Crippen molar-refractivity contribution < 1.29 is 0 Å². The summed E-state index contributed by atoms with van der Waals surface area (Å²) in [6.07, 6.45) is 2.01. The summed E-state index contributed by atoms with van der Waals surface area (Å²) in [5.74, 6) is 0.751. The number of aryl methyl sites for hydroxylation is 2. The Labute approximate surface area is 82.0 Å². The van der Waals surface area contributed by atoms with Gasteiger partial charge in [0.15, 0.2) is 5.65 Å². The highest BCUT2D eigenvalue weighted by molar-refractivity contribution is 5.46. The first-order chi connectivity index (χ1) is 6.58. The predicted molar refractivity (Wildman–Crippen MR) is 53.6 cm³/mol. The van der Waals surface area contributed by atoms with Gasteiger partial charge in [-0.3, -0.25) is 0 Å². The molecule has 2 heterocycles. The van der Waals surface area contributed by atoms with Gasteiger partial charge in [0.05, 0.1) is 10.9 Å². The van der Waals surface area contributed by atoms with Gasteiger partial charge < -0.3 is 4.90 Å². The van der Waals surface area contributed by atoms with Crippen molar-refractivity contribution >= 4 is 11.8 Å². The first-order valence-corrected chi connectivity index (χ1v) is 4.46. The van der Waals surface area contributed by atoms with Gasteiger partial charge in [-0.15, -0.1) is 9.73 Å². The fourth-order valence-corrected chi connectivity index (χ4v) is 1.41. The molecule has 0 aliphatic carbocycles. The molecule has 2 aromatic rings. The van der Waals surface area contributed by atoms with Crippen molar-refractivity contribution in [3.05, 3.63) is 16.7 Å². The van der Waals surface area contributed by atoms with Gasteiger partial charge in [0.25, 0.3) is 0 Å². The summed E-state index contributed by atoms with van der Waals surface area (Å²) in [6.45, 7) is 3.82.